The zero-order chi connectivity index (χ0) is 28.4. The number of aliphatic carboxylic acids is 1. The highest BCUT2D eigenvalue weighted by molar-refractivity contribution is 7.99. The van der Waals surface area contributed by atoms with Crippen molar-refractivity contribution < 1.29 is 15.0 Å². The van der Waals surface area contributed by atoms with Crippen LogP contribution in [0.1, 0.15) is 60.6 Å². The number of hydrogen-bond acceptors (Lipinski definition) is 5. The second-order valence-electron chi connectivity index (χ2n) is 10.8. The summed E-state index contributed by atoms with van der Waals surface area (Å²) in [6.45, 7) is 3.65. The van der Waals surface area contributed by atoms with E-state index in [9.17, 15) is 15.0 Å². The molecule has 2 heterocycles. The molecule has 0 radical (unpaired) electrons. The van der Waals surface area contributed by atoms with Crippen molar-refractivity contribution in [2.24, 2.45) is 11.8 Å². The van der Waals surface area contributed by atoms with E-state index in [1.807, 2.05) is 68.1 Å². The van der Waals surface area contributed by atoms with Crippen molar-refractivity contribution in [1.29, 1.82) is 0 Å². The summed E-state index contributed by atoms with van der Waals surface area (Å²) < 4.78 is 1.51. The van der Waals surface area contributed by atoms with Crippen LogP contribution in [0.3, 0.4) is 0 Å². The van der Waals surface area contributed by atoms with Gasteiger partial charge in [0.2, 0.25) is 0 Å². The number of pyridine rings is 1. The molecule has 2 N–H and O–H groups in total. The van der Waals surface area contributed by atoms with Gasteiger partial charge in [-0.3, -0.25) is 4.79 Å². The minimum Gasteiger partial charge on any atom is -0.481 e. The molecule has 4 aromatic rings. The standard InChI is InChI=1S/C32H31Cl2NO3S2/c1-32(2,38)26-9-4-3-8-24(26)23(14-15-39-18-21-17-25(21)31(36)37)20-7-5-6-19(16-20)10-11-22-12-13-27-29(35-22)28(33)30(34)40-27/h3-13,16,21,23,25,38H,14-15,17-18H2,1-2H3,(H,36,37)/b11-10+. The van der Waals surface area contributed by atoms with Gasteiger partial charge in [-0.25, -0.2) is 4.98 Å². The molecular weight excluding hydrogens is 581 g/mol. The summed E-state index contributed by atoms with van der Waals surface area (Å²) in [7, 11) is 0. The van der Waals surface area contributed by atoms with Crippen LogP contribution in [0.2, 0.25) is 9.36 Å². The zero-order valence-corrected chi connectivity index (χ0v) is 25.5. The van der Waals surface area contributed by atoms with E-state index in [0.717, 1.165) is 51.4 Å². The number of hydrogen-bond donors (Lipinski definition) is 2. The molecule has 0 amide bonds. The van der Waals surface area contributed by atoms with Gasteiger partial charge in [-0.1, -0.05) is 77.8 Å². The maximum absolute atomic E-state index is 11.2. The topological polar surface area (TPSA) is 70.4 Å². The van der Waals surface area contributed by atoms with Crippen molar-refractivity contribution in [2.75, 3.05) is 11.5 Å². The Kier molecular flexibility index (Phi) is 8.93. The Hall–Kier alpha value is -2.35. The number of carbonyl (C=O) groups is 1. The second-order valence-corrected chi connectivity index (χ2v) is 14.0. The average Bonchev–Trinajstić information content (AvgIpc) is 3.66. The predicted octanol–water partition coefficient (Wildman–Crippen LogP) is 8.98. The largest absolute Gasteiger partial charge is 0.481 e. The van der Waals surface area contributed by atoms with E-state index in [-0.39, 0.29) is 17.8 Å². The fraction of sp³-hybridized carbons (Fsp3) is 0.312. The summed E-state index contributed by atoms with van der Waals surface area (Å²) >= 11 is 15.8. The molecule has 4 nitrogen and oxygen atoms in total. The third-order valence-electron chi connectivity index (χ3n) is 7.34. The van der Waals surface area contributed by atoms with E-state index < -0.39 is 11.6 Å². The number of aliphatic hydroxyl groups is 1. The number of halogens is 2. The number of benzene rings is 2. The normalized spacial score (nSPS) is 17.9. The van der Waals surface area contributed by atoms with Gasteiger partial charge < -0.3 is 10.2 Å². The van der Waals surface area contributed by atoms with E-state index in [2.05, 4.69) is 35.3 Å². The van der Waals surface area contributed by atoms with Gasteiger partial charge >= 0.3 is 5.97 Å². The molecule has 5 rings (SSSR count). The van der Waals surface area contributed by atoms with E-state index >= 15 is 0 Å². The number of carboxylic acid groups (broad SMARTS) is 1. The molecule has 1 fully saturated rings. The fourth-order valence-electron chi connectivity index (χ4n) is 5.12. The highest BCUT2D eigenvalue weighted by Gasteiger charge is 2.42. The lowest BCUT2D eigenvalue weighted by atomic mass is 9.81. The third-order valence-corrected chi connectivity index (χ3v) is 10.5. The van der Waals surface area contributed by atoms with Gasteiger partial charge in [0.1, 0.15) is 9.85 Å². The Morgan fingerprint density at radius 2 is 1.95 bits per heavy atom. The predicted molar refractivity (Wildman–Crippen MR) is 170 cm³/mol. The number of thioether (sulfide) groups is 1. The molecule has 1 aliphatic carbocycles. The van der Waals surface area contributed by atoms with Gasteiger partial charge in [0.15, 0.2) is 0 Å². The molecule has 40 heavy (non-hydrogen) atoms. The Morgan fingerprint density at radius 1 is 1.15 bits per heavy atom. The van der Waals surface area contributed by atoms with Gasteiger partial charge in [0.25, 0.3) is 0 Å². The van der Waals surface area contributed by atoms with Crippen LogP contribution in [-0.4, -0.2) is 32.7 Å². The molecule has 0 saturated heterocycles. The summed E-state index contributed by atoms with van der Waals surface area (Å²) in [5, 5.41) is 20.7. The van der Waals surface area contributed by atoms with E-state index in [0.29, 0.717) is 14.9 Å². The van der Waals surface area contributed by atoms with Gasteiger partial charge in [0, 0.05) is 5.92 Å². The van der Waals surface area contributed by atoms with Crippen molar-refractivity contribution in [3.8, 4) is 0 Å². The Bertz CT molecular complexity index is 1560. The van der Waals surface area contributed by atoms with Crippen LogP contribution in [0.4, 0.5) is 0 Å². The molecule has 3 atom stereocenters. The van der Waals surface area contributed by atoms with Crippen molar-refractivity contribution in [2.45, 2.75) is 38.2 Å². The van der Waals surface area contributed by atoms with Gasteiger partial charge in [-0.05, 0) is 84.6 Å². The summed E-state index contributed by atoms with van der Waals surface area (Å²) in [6, 6.07) is 20.5. The van der Waals surface area contributed by atoms with E-state index in [1.54, 1.807) is 0 Å². The Morgan fingerprint density at radius 3 is 2.70 bits per heavy atom. The maximum atomic E-state index is 11.2. The minimum absolute atomic E-state index is 0.0826. The summed E-state index contributed by atoms with van der Waals surface area (Å²) in [4.78, 5) is 15.9. The van der Waals surface area contributed by atoms with Crippen LogP contribution in [0.25, 0.3) is 22.4 Å². The first-order chi connectivity index (χ1) is 19.1. The monoisotopic (exact) mass is 611 g/mol. The van der Waals surface area contributed by atoms with Crippen LogP contribution < -0.4 is 0 Å². The first-order valence-electron chi connectivity index (χ1n) is 13.3. The molecule has 208 valence electrons. The fourth-order valence-corrected chi connectivity index (χ4v) is 7.77. The minimum atomic E-state index is -0.974. The van der Waals surface area contributed by atoms with Gasteiger partial charge in [-0.15, -0.1) is 11.3 Å². The molecule has 0 bridgehead atoms. The smallest absolute Gasteiger partial charge is 0.306 e. The maximum Gasteiger partial charge on any atom is 0.306 e. The molecule has 1 aliphatic rings. The molecule has 2 aromatic carbocycles. The van der Waals surface area contributed by atoms with Gasteiger partial charge in [-0.2, -0.15) is 11.8 Å². The van der Waals surface area contributed by atoms with Crippen molar-refractivity contribution >= 4 is 74.6 Å². The SMILES string of the molecule is CC(C)(O)c1ccccc1C(CCSCC1CC1C(=O)O)c1cccc(/C=C/c2ccc3sc(Cl)c(Cl)c3n2)c1. The quantitative estimate of drug-likeness (QED) is 0.166. The molecular formula is C32H31Cl2NO3S2. The third kappa shape index (κ3) is 6.75. The first kappa shape index (κ1) is 29.2. The van der Waals surface area contributed by atoms with Crippen LogP contribution in [0.15, 0.2) is 60.7 Å². The molecule has 1 saturated carbocycles. The molecule has 3 unspecified atom stereocenters. The average molecular weight is 613 g/mol. The second kappa shape index (κ2) is 12.3. The van der Waals surface area contributed by atoms with E-state index in [1.165, 1.54) is 16.9 Å². The number of thiophene rings is 1. The number of carboxylic acids is 1. The summed E-state index contributed by atoms with van der Waals surface area (Å²) in [5.74, 6) is 1.29. The summed E-state index contributed by atoms with van der Waals surface area (Å²) in [6.07, 6.45) is 5.69. The highest BCUT2D eigenvalue weighted by Crippen LogP contribution is 2.42. The highest BCUT2D eigenvalue weighted by atomic mass is 35.5. The Labute approximate surface area is 253 Å². The lowest BCUT2D eigenvalue weighted by Crippen LogP contribution is -2.20. The molecule has 0 spiro atoms. The van der Waals surface area contributed by atoms with Crippen molar-refractivity contribution in [1.82, 2.24) is 4.98 Å². The van der Waals surface area contributed by atoms with Gasteiger partial charge in [0.05, 0.1) is 26.9 Å². The van der Waals surface area contributed by atoms with Crippen molar-refractivity contribution in [3.63, 3.8) is 0 Å². The van der Waals surface area contributed by atoms with E-state index in [4.69, 9.17) is 23.2 Å². The number of aromatic nitrogens is 1. The Balaban J connectivity index is 1.39. The molecule has 2 aromatic heterocycles. The lowest BCUT2D eigenvalue weighted by Gasteiger charge is -2.27. The number of nitrogens with zero attached hydrogens (tertiary/aromatic N) is 1. The van der Waals surface area contributed by atoms with Crippen LogP contribution in [0.5, 0.6) is 0 Å². The van der Waals surface area contributed by atoms with Crippen LogP contribution >= 0.6 is 46.3 Å². The summed E-state index contributed by atoms with van der Waals surface area (Å²) in [5.41, 5.74) is 4.80. The van der Waals surface area contributed by atoms with Crippen molar-refractivity contribution in [3.05, 3.63) is 98.0 Å². The number of rotatable bonds is 11. The van der Waals surface area contributed by atoms with Crippen LogP contribution in [-0.2, 0) is 10.4 Å². The van der Waals surface area contributed by atoms with Crippen LogP contribution in [0, 0.1) is 11.8 Å². The zero-order valence-electron chi connectivity index (χ0n) is 22.3. The lowest BCUT2D eigenvalue weighted by molar-refractivity contribution is -0.138. The molecule has 0 aliphatic heterocycles. The first-order valence-corrected chi connectivity index (χ1v) is 16.0. The number of fused-ring (bicyclic) bond motifs is 1. The molecule has 8 heteroatoms.